The largest absolute Gasteiger partial charge is 0.489 e. The molecule has 0 spiro atoms. The monoisotopic (exact) mass is 339 g/mol. The van der Waals surface area contributed by atoms with Gasteiger partial charge >= 0.3 is 0 Å². The van der Waals surface area contributed by atoms with Crippen molar-refractivity contribution in [3.8, 4) is 5.75 Å². The number of pyridine rings is 1. The number of carbonyl (C=O) groups excluding carboxylic acids is 2. The van der Waals surface area contributed by atoms with Gasteiger partial charge in [0.25, 0.3) is 11.8 Å². The molecule has 0 saturated heterocycles. The predicted octanol–water partition coefficient (Wildman–Crippen LogP) is 3.01. The Hall–Kier alpha value is -2.89. The number of carbonyl (C=O) groups is 2. The lowest BCUT2D eigenvalue weighted by atomic mass is 10.2. The van der Waals surface area contributed by atoms with E-state index < -0.39 is 0 Å². The fourth-order valence-electron chi connectivity index (χ4n) is 2.30. The van der Waals surface area contributed by atoms with E-state index in [2.05, 4.69) is 15.6 Å². The highest BCUT2D eigenvalue weighted by Gasteiger charge is 2.24. The van der Waals surface area contributed by atoms with Crippen LogP contribution >= 0.6 is 0 Å². The molecule has 2 aromatic rings. The van der Waals surface area contributed by atoms with E-state index in [1.54, 1.807) is 18.2 Å². The van der Waals surface area contributed by atoms with Crippen molar-refractivity contribution in [2.24, 2.45) is 0 Å². The summed E-state index contributed by atoms with van der Waals surface area (Å²) in [6, 6.07) is 10.6. The van der Waals surface area contributed by atoms with Crippen molar-refractivity contribution in [3.05, 3.63) is 53.9 Å². The van der Waals surface area contributed by atoms with Gasteiger partial charge in [0.1, 0.15) is 11.4 Å². The molecular formula is C19H21N3O3. The van der Waals surface area contributed by atoms with Crippen LogP contribution in [-0.4, -0.2) is 28.9 Å². The van der Waals surface area contributed by atoms with Gasteiger partial charge in [0.2, 0.25) is 0 Å². The molecule has 130 valence electrons. The van der Waals surface area contributed by atoms with Crippen LogP contribution in [0.2, 0.25) is 0 Å². The number of para-hydroxylation sites is 2. The van der Waals surface area contributed by atoms with E-state index >= 15 is 0 Å². The Morgan fingerprint density at radius 3 is 2.64 bits per heavy atom. The summed E-state index contributed by atoms with van der Waals surface area (Å²) in [6.45, 7) is 3.85. The minimum absolute atomic E-state index is 0.00306. The van der Waals surface area contributed by atoms with Crippen molar-refractivity contribution in [1.29, 1.82) is 0 Å². The quantitative estimate of drug-likeness (QED) is 0.848. The first kappa shape index (κ1) is 17.0. The first-order chi connectivity index (χ1) is 12.0. The molecular weight excluding hydrogens is 318 g/mol. The van der Waals surface area contributed by atoms with Gasteiger partial charge in [0.15, 0.2) is 0 Å². The number of hydrogen-bond donors (Lipinski definition) is 2. The zero-order valence-electron chi connectivity index (χ0n) is 14.3. The fraction of sp³-hybridized carbons (Fsp3) is 0.316. The van der Waals surface area contributed by atoms with Crippen LogP contribution in [0.3, 0.4) is 0 Å². The maximum Gasteiger partial charge on any atom is 0.270 e. The molecule has 0 unspecified atom stereocenters. The van der Waals surface area contributed by atoms with Crippen LogP contribution in [0.15, 0.2) is 42.6 Å². The van der Waals surface area contributed by atoms with Crippen LogP contribution in [0.4, 0.5) is 5.69 Å². The number of hydrogen-bond acceptors (Lipinski definition) is 4. The summed E-state index contributed by atoms with van der Waals surface area (Å²) in [6.07, 6.45) is 3.46. The maximum atomic E-state index is 12.5. The molecule has 0 atom stereocenters. The fourth-order valence-corrected chi connectivity index (χ4v) is 2.30. The van der Waals surface area contributed by atoms with Crippen LogP contribution in [0, 0.1) is 0 Å². The molecule has 6 nitrogen and oxygen atoms in total. The first-order valence-electron chi connectivity index (χ1n) is 8.37. The first-order valence-corrected chi connectivity index (χ1v) is 8.37. The molecule has 1 aromatic heterocycles. The van der Waals surface area contributed by atoms with Gasteiger partial charge in [-0.2, -0.15) is 0 Å². The Labute approximate surface area is 146 Å². The van der Waals surface area contributed by atoms with Crippen molar-refractivity contribution in [1.82, 2.24) is 10.3 Å². The van der Waals surface area contributed by atoms with Crippen molar-refractivity contribution in [3.63, 3.8) is 0 Å². The number of aromatic nitrogens is 1. The van der Waals surface area contributed by atoms with E-state index in [-0.39, 0.29) is 29.7 Å². The van der Waals surface area contributed by atoms with E-state index in [1.807, 2.05) is 26.0 Å². The van der Waals surface area contributed by atoms with Gasteiger partial charge in [-0.3, -0.25) is 14.6 Å². The third-order valence-electron chi connectivity index (χ3n) is 3.67. The number of anilines is 1. The summed E-state index contributed by atoms with van der Waals surface area (Å²) >= 11 is 0. The Kier molecular flexibility index (Phi) is 4.97. The Balaban J connectivity index is 1.74. The second-order valence-electron chi connectivity index (χ2n) is 6.29. The molecule has 0 radical (unpaired) electrons. The summed E-state index contributed by atoms with van der Waals surface area (Å²) in [5, 5.41) is 5.69. The number of benzene rings is 1. The standard InChI is InChI=1S/C19H21N3O3/c1-12(2)25-17-6-4-3-5-15(17)22-18(23)13-9-10-20-16(11-13)19(24)21-14-7-8-14/h3-6,9-12,14H,7-8H2,1-2H3,(H,21,24)(H,22,23). The summed E-state index contributed by atoms with van der Waals surface area (Å²) in [7, 11) is 0. The second kappa shape index (κ2) is 7.34. The molecule has 25 heavy (non-hydrogen) atoms. The summed E-state index contributed by atoms with van der Waals surface area (Å²) in [4.78, 5) is 28.7. The summed E-state index contributed by atoms with van der Waals surface area (Å²) in [5.74, 6) is 0.0370. The number of rotatable bonds is 6. The van der Waals surface area contributed by atoms with Crippen molar-refractivity contribution < 1.29 is 14.3 Å². The van der Waals surface area contributed by atoms with Gasteiger partial charge in [0.05, 0.1) is 11.8 Å². The average Bonchev–Trinajstić information content (AvgIpc) is 3.40. The topological polar surface area (TPSA) is 80.3 Å². The Morgan fingerprint density at radius 1 is 1.16 bits per heavy atom. The predicted molar refractivity (Wildman–Crippen MR) is 94.9 cm³/mol. The van der Waals surface area contributed by atoms with Gasteiger partial charge in [-0.05, 0) is 51.0 Å². The molecule has 2 amide bonds. The van der Waals surface area contributed by atoms with Crippen molar-refractivity contribution >= 4 is 17.5 Å². The van der Waals surface area contributed by atoms with Crippen LogP contribution in [0.5, 0.6) is 5.75 Å². The highest BCUT2D eigenvalue weighted by atomic mass is 16.5. The highest BCUT2D eigenvalue weighted by Crippen LogP contribution is 2.25. The molecule has 1 fully saturated rings. The molecule has 6 heteroatoms. The molecule has 1 aliphatic carbocycles. The minimum Gasteiger partial charge on any atom is -0.489 e. The van der Waals surface area contributed by atoms with Crippen LogP contribution in [0.1, 0.15) is 47.5 Å². The average molecular weight is 339 g/mol. The van der Waals surface area contributed by atoms with E-state index in [1.165, 1.54) is 12.3 Å². The van der Waals surface area contributed by atoms with Crippen molar-refractivity contribution in [2.75, 3.05) is 5.32 Å². The Bertz CT molecular complexity index is 785. The van der Waals surface area contributed by atoms with Gasteiger partial charge in [-0.15, -0.1) is 0 Å². The molecule has 0 aliphatic heterocycles. The second-order valence-corrected chi connectivity index (χ2v) is 6.29. The zero-order valence-corrected chi connectivity index (χ0v) is 14.3. The van der Waals surface area contributed by atoms with Crippen molar-refractivity contribution in [2.45, 2.75) is 38.8 Å². The normalized spacial score (nSPS) is 13.4. The molecule has 2 N–H and O–H groups in total. The molecule has 1 aromatic carbocycles. The lowest BCUT2D eigenvalue weighted by molar-refractivity contribution is 0.0946. The van der Waals surface area contributed by atoms with Gasteiger partial charge in [-0.25, -0.2) is 0 Å². The van der Waals surface area contributed by atoms with Gasteiger partial charge in [-0.1, -0.05) is 12.1 Å². The van der Waals surface area contributed by atoms with E-state index in [9.17, 15) is 9.59 Å². The minimum atomic E-state index is -0.317. The number of ether oxygens (including phenoxy) is 1. The number of amides is 2. The van der Waals surface area contributed by atoms with Gasteiger partial charge < -0.3 is 15.4 Å². The van der Waals surface area contributed by atoms with E-state index in [0.29, 0.717) is 17.0 Å². The lowest BCUT2D eigenvalue weighted by Gasteiger charge is -2.15. The third-order valence-corrected chi connectivity index (χ3v) is 3.67. The zero-order chi connectivity index (χ0) is 17.8. The van der Waals surface area contributed by atoms with E-state index in [4.69, 9.17) is 4.74 Å². The molecule has 0 bridgehead atoms. The summed E-state index contributed by atoms with van der Waals surface area (Å²) in [5.41, 5.74) is 1.20. The van der Waals surface area contributed by atoms with Crippen LogP contribution in [0.25, 0.3) is 0 Å². The Morgan fingerprint density at radius 2 is 1.92 bits per heavy atom. The molecule has 1 aliphatic rings. The lowest BCUT2D eigenvalue weighted by Crippen LogP contribution is -2.26. The van der Waals surface area contributed by atoms with Crippen LogP contribution in [-0.2, 0) is 0 Å². The molecule has 1 saturated carbocycles. The molecule has 1 heterocycles. The third kappa shape index (κ3) is 4.56. The SMILES string of the molecule is CC(C)Oc1ccccc1NC(=O)c1ccnc(C(=O)NC2CC2)c1. The molecule has 3 rings (SSSR count). The van der Waals surface area contributed by atoms with E-state index in [0.717, 1.165) is 12.8 Å². The highest BCUT2D eigenvalue weighted by molar-refractivity contribution is 6.06. The number of nitrogens with zero attached hydrogens (tertiary/aromatic N) is 1. The summed E-state index contributed by atoms with van der Waals surface area (Å²) < 4.78 is 5.70. The maximum absolute atomic E-state index is 12.5. The van der Waals surface area contributed by atoms with Crippen LogP contribution < -0.4 is 15.4 Å². The smallest absolute Gasteiger partial charge is 0.270 e. The van der Waals surface area contributed by atoms with Gasteiger partial charge in [0, 0.05) is 17.8 Å². The number of nitrogens with one attached hydrogen (secondary N) is 2.